The van der Waals surface area contributed by atoms with Crippen molar-refractivity contribution in [1.82, 2.24) is 5.32 Å². The van der Waals surface area contributed by atoms with E-state index < -0.39 is 0 Å². The van der Waals surface area contributed by atoms with Gasteiger partial charge >= 0.3 is 0 Å². The first-order valence-electron chi connectivity index (χ1n) is 7.08. The summed E-state index contributed by atoms with van der Waals surface area (Å²) >= 11 is 2.38. The van der Waals surface area contributed by atoms with Gasteiger partial charge in [0.05, 0.1) is 0 Å². The summed E-state index contributed by atoms with van der Waals surface area (Å²) in [5, 5.41) is 7.45. The van der Waals surface area contributed by atoms with Crippen molar-refractivity contribution >= 4 is 28.3 Å². The predicted octanol–water partition coefficient (Wildman–Crippen LogP) is 3.62. The van der Waals surface area contributed by atoms with Gasteiger partial charge in [-0.1, -0.05) is 12.5 Å². The van der Waals surface area contributed by atoms with Crippen molar-refractivity contribution in [2.24, 2.45) is 5.92 Å². The minimum atomic E-state index is 0.666. The molecule has 3 heteroatoms. The molecule has 2 aliphatic rings. The molecule has 0 radical (unpaired) electrons. The Balaban J connectivity index is 1.67. The van der Waals surface area contributed by atoms with Gasteiger partial charge in [-0.15, -0.1) is 0 Å². The van der Waals surface area contributed by atoms with E-state index in [2.05, 4.69) is 57.5 Å². The fourth-order valence-electron chi connectivity index (χ4n) is 3.52. The van der Waals surface area contributed by atoms with Gasteiger partial charge < -0.3 is 10.6 Å². The van der Waals surface area contributed by atoms with Crippen LogP contribution in [-0.4, -0.2) is 18.6 Å². The molecule has 0 spiro atoms. The number of hydrogen-bond donors (Lipinski definition) is 2. The van der Waals surface area contributed by atoms with Crippen molar-refractivity contribution in [2.45, 2.75) is 44.2 Å². The Labute approximate surface area is 123 Å². The number of benzene rings is 1. The van der Waals surface area contributed by atoms with Crippen LogP contribution < -0.4 is 10.6 Å². The largest absolute Gasteiger partial charge is 0.382 e. The van der Waals surface area contributed by atoms with Gasteiger partial charge in [0.1, 0.15) is 0 Å². The smallest absolute Gasteiger partial charge is 0.0353 e. The van der Waals surface area contributed by atoms with Crippen LogP contribution >= 0.6 is 22.6 Å². The monoisotopic (exact) mass is 356 g/mol. The van der Waals surface area contributed by atoms with Crippen LogP contribution in [0.5, 0.6) is 0 Å². The number of rotatable bonds is 3. The van der Waals surface area contributed by atoms with Gasteiger partial charge in [-0.05, 0) is 78.9 Å². The molecule has 18 heavy (non-hydrogen) atoms. The lowest BCUT2D eigenvalue weighted by atomic mass is 9.93. The Morgan fingerprint density at radius 1 is 1.17 bits per heavy atom. The summed E-state index contributed by atoms with van der Waals surface area (Å²) in [6, 6.07) is 10.2. The molecule has 1 saturated carbocycles. The van der Waals surface area contributed by atoms with Crippen LogP contribution in [0.4, 0.5) is 5.69 Å². The molecule has 2 nitrogen and oxygen atoms in total. The van der Waals surface area contributed by atoms with Crippen LogP contribution in [-0.2, 0) is 0 Å². The number of nitrogens with one attached hydrogen (secondary N) is 2. The van der Waals surface area contributed by atoms with Gasteiger partial charge in [0.2, 0.25) is 0 Å². The third-order valence-electron chi connectivity index (χ3n) is 4.36. The molecule has 1 heterocycles. The molecule has 0 bridgehead atoms. The summed E-state index contributed by atoms with van der Waals surface area (Å²) in [5.41, 5.74) is 1.29. The van der Waals surface area contributed by atoms with Crippen LogP contribution in [0.2, 0.25) is 0 Å². The van der Waals surface area contributed by atoms with Gasteiger partial charge in [0, 0.05) is 21.3 Å². The molecule has 2 fully saturated rings. The molecule has 1 aliphatic carbocycles. The molecule has 0 amide bonds. The molecular formula is C15H21IN2. The van der Waals surface area contributed by atoms with Crippen molar-refractivity contribution in [3.63, 3.8) is 0 Å². The fourth-order valence-corrected chi connectivity index (χ4v) is 4.06. The molecular weight excluding hydrogens is 335 g/mol. The van der Waals surface area contributed by atoms with E-state index in [-0.39, 0.29) is 0 Å². The quantitative estimate of drug-likeness (QED) is 0.809. The molecule has 2 N–H and O–H groups in total. The van der Waals surface area contributed by atoms with Crippen LogP contribution in [0.1, 0.15) is 32.1 Å². The highest BCUT2D eigenvalue weighted by atomic mass is 127. The predicted molar refractivity (Wildman–Crippen MR) is 84.9 cm³/mol. The van der Waals surface area contributed by atoms with Crippen LogP contribution in [0, 0.1) is 9.49 Å². The zero-order valence-corrected chi connectivity index (χ0v) is 12.8. The molecule has 3 rings (SSSR count). The van der Waals surface area contributed by atoms with E-state index in [0.717, 1.165) is 12.0 Å². The minimum absolute atomic E-state index is 0.666. The van der Waals surface area contributed by atoms with Crippen molar-refractivity contribution in [1.29, 1.82) is 0 Å². The summed E-state index contributed by atoms with van der Waals surface area (Å²) in [4.78, 5) is 0. The van der Waals surface area contributed by atoms with Gasteiger partial charge in [0.25, 0.3) is 0 Å². The summed E-state index contributed by atoms with van der Waals surface area (Å²) in [7, 11) is 0. The number of halogens is 1. The highest BCUT2D eigenvalue weighted by molar-refractivity contribution is 14.1. The van der Waals surface area contributed by atoms with Crippen LogP contribution in [0.25, 0.3) is 0 Å². The average molecular weight is 356 g/mol. The molecule has 1 aliphatic heterocycles. The van der Waals surface area contributed by atoms with E-state index in [0.29, 0.717) is 6.04 Å². The second-order valence-corrected chi connectivity index (χ2v) is 6.80. The van der Waals surface area contributed by atoms with Gasteiger partial charge in [-0.3, -0.25) is 0 Å². The first-order valence-corrected chi connectivity index (χ1v) is 8.16. The Bertz CT molecular complexity index is 401. The topological polar surface area (TPSA) is 24.1 Å². The van der Waals surface area contributed by atoms with E-state index in [1.54, 1.807) is 0 Å². The molecule has 0 aromatic heterocycles. The standard InChI is InChI=1S/C15H21IN2/c16-11-4-1-5-12(10-11)18-15-7-2-6-13(15)14-8-3-9-17-14/h1,4-5,10,13-15,17-18H,2-3,6-9H2. The highest BCUT2D eigenvalue weighted by Crippen LogP contribution is 2.34. The molecule has 1 aromatic carbocycles. The van der Waals surface area contributed by atoms with Gasteiger partial charge in [-0.2, -0.15) is 0 Å². The second kappa shape index (κ2) is 5.78. The zero-order chi connectivity index (χ0) is 12.4. The molecule has 3 atom stereocenters. The summed E-state index contributed by atoms with van der Waals surface area (Å²) in [6.45, 7) is 1.22. The summed E-state index contributed by atoms with van der Waals surface area (Å²) in [6.07, 6.45) is 6.82. The molecule has 1 aromatic rings. The first kappa shape index (κ1) is 12.7. The fraction of sp³-hybridized carbons (Fsp3) is 0.600. The second-order valence-electron chi connectivity index (χ2n) is 5.56. The lowest BCUT2D eigenvalue weighted by Gasteiger charge is -2.27. The number of anilines is 1. The van der Waals surface area contributed by atoms with Crippen LogP contribution in [0.15, 0.2) is 24.3 Å². The Kier molecular flexibility index (Phi) is 4.09. The van der Waals surface area contributed by atoms with E-state index in [1.165, 1.54) is 47.9 Å². The Morgan fingerprint density at radius 3 is 2.89 bits per heavy atom. The highest BCUT2D eigenvalue weighted by Gasteiger charge is 2.34. The lowest BCUT2D eigenvalue weighted by molar-refractivity contribution is 0.376. The maximum atomic E-state index is 3.76. The first-order chi connectivity index (χ1) is 8.83. The van der Waals surface area contributed by atoms with Crippen molar-refractivity contribution in [2.75, 3.05) is 11.9 Å². The molecule has 98 valence electrons. The van der Waals surface area contributed by atoms with E-state index in [9.17, 15) is 0 Å². The van der Waals surface area contributed by atoms with Crippen molar-refractivity contribution in [3.05, 3.63) is 27.8 Å². The maximum absolute atomic E-state index is 3.76. The van der Waals surface area contributed by atoms with E-state index >= 15 is 0 Å². The van der Waals surface area contributed by atoms with E-state index in [4.69, 9.17) is 0 Å². The Morgan fingerprint density at radius 2 is 2.11 bits per heavy atom. The lowest BCUT2D eigenvalue weighted by Crippen LogP contribution is -2.38. The SMILES string of the molecule is Ic1cccc(NC2CCCC2C2CCCN2)c1. The van der Waals surface area contributed by atoms with Crippen LogP contribution in [0.3, 0.4) is 0 Å². The Hall–Kier alpha value is -0.290. The minimum Gasteiger partial charge on any atom is -0.382 e. The third-order valence-corrected chi connectivity index (χ3v) is 5.03. The van der Waals surface area contributed by atoms with E-state index in [1.807, 2.05) is 0 Å². The molecule has 3 unspecified atom stereocenters. The normalized spacial score (nSPS) is 31.7. The van der Waals surface area contributed by atoms with Crippen molar-refractivity contribution in [3.8, 4) is 0 Å². The van der Waals surface area contributed by atoms with Gasteiger partial charge in [0.15, 0.2) is 0 Å². The molecule has 1 saturated heterocycles. The summed E-state index contributed by atoms with van der Waals surface area (Å²) < 4.78 is 1.31. The zero-order valence-electron chi connectivity index (χ0n) is 10.7. The number of hydrogen-bond acceptors (Lipinski definition) is 2. The van der Waals surface area contributed by atoms with Gasteiger partial charge in [-0.25, -0.2) is 0 Å². The maximum Gasteiger partial charge on any atom is 0.0353 e. The third kappa shape index (κ3) is 2.82. The average Bonchev–Trinajstić information content (AvgIpc) is 2.98. The van der Waals surface area contributed by atoms with Crippen molar-refractivity contribution < 1.29 is 0 Å². The summed E-state index contributed by atoms with van der Waals surface area (Å²) in [5.74, 6) is 0.824.